The minimum Gasteiger partial charge on any atom is -0.477 e. The molecule has 2 heterocycles. The van der Waals surface area contributed by atoms with E-state index in [9.17, 15) is 23.4 Å². The molecule has 1 aromatic heterocycles. The Balaban J connectivity index is 1.96. The van der Waals surface area contributed by atoms with E-state index in [0.717, 1.165) is 12.8 Å². The van der Waals surface area contributed by atoms with E-state index < -0.39 is 21.6 Å². The van der Waals surface area contributed by atoms with Crippen LogP contribution in [0.4, 0.5) is 0 Å². The summed E-state index contributed by atoms with van der Waals surface area (Å²) in [4.78, 5) is 11.2. The van der Waals surface area contributed by atoms with Crippen LogP contribution < -0.4 is 0 Å². The van der Waals surface area contributed by atoms with Crippen LogP contribution in [0.2, 0.25) is 0 Å². The zero-order valence-corrected chi connectivity index (χ0v) is 12.5. The normalized spacial score (nSPS) is 27.1. The van der Waals surface area contributed by atoms with Gasteiger partial charge in [-0.2, -0.15) is 4.31 Å². The molecule has 1 aliphatic carbocycles. The molecule has 0 radical (unpaired) electrons. The highest BCUT2D eigenvalue weighted by molar-refractivity contribution is 7.89. The second-order valence-corrected chi connectivity index (χ2v) is 8.03. The van der Waals surface area contributed by atoms with Gasteiger partial charge in [0.25, 0.3) is 0 Å². The summed E-state index contributed by atoms with van der Waals surface area (Å²) in [6.07, 6.45) is 3.52. The maximum Gasteiger partial charge on any atom is 0.352 e. The van der Waals surface area contributed by atoms with Gasteiger partial charge in [0.2, 0.25) is 10.0 Å². The van der Waals surface area contributed by atoms with Crippen molar-refractivity contribution in [2.24, 2.45) is 0 Å². The van der Waals surface area contributed by atoms with Gasteiger partial charge in [0, 0.05) is 25.3 Å². The van der Waals surface area contributed by atoms with Crippen molar-refractivity contribution in [3.8, 4) is 0 Å². The van der Waals surface area contributed by atoms with Crippen molar-refractivity contribution in [3.63, 3.8) is 0 Å². The van der Waals surface area contributed by atoms with E-state index in [-0.39, 0.29) is 29.7 Å². The number of carboxylic acid groups (broad SMARTS) is 1. The Labute approximate surface area is 122 Å². The molecule has 7 nitrogen and oxygen atoms in total. The Bertz CT molecular complexity index is 687. The number of aliphatic hydroxyl groups is 1. The molecule has 1 saturated carbocycles. The zero-order chi connectivity index (χ0) is 15.4. The van der Waals surface area contributed by atoms with Crippen molar-refractivity contribution in [1.82, 2.24) is 8.87 Å². The van der Waals surface area contributed by atoms with Gasteiger partial charge < -0.3 is 14.8 Å². The first-order valence-corrected chi connectivity index (χ1v) is 8.32. The fourth-order valence-electron chi connectivity index (χ4n) is 2.68. The maximum absolute atomic E-state index is 12.6. The van der Waals surface area contributed by atoms with Crippen LogP contribution in [-0.2, 0) is 10.0 Å². The largest absolute Gasteiger partial charge is 0.477 e. The monoisotopic (exact) mass is 314 g/mol. The van der Waals surface area contributed by atoms with Gasteiger partial charge in [-0.1, -0.05) is 0 Å². The lowest BCUT2D eigenvalue weighted by Gasteiger charge is -2.18. The van der Waals surface area contributed by atoms with Crippen molar-refractivity contribution >= 4 is 16.0 Å². The van der Waals surface area contributed by atoms with Crippen LogP contribution in [0, 0.1) is 0 Å². The molecule has 2 N–H and O–H groups in total. The summed E-state index contributed by atoms with van der Waals surface area (Å²) in [5.74, 6) is -1.13. The summed E-state index contributed by atoms with van der Waals surface area (Å²) >= 11 is 0. The second-order valence-electron chi connectivity index (χ2n) is 6.09. The third-order valence-corrected chi connectivity index (χ3v) is 5.85. The highest BCUT2D eigenvalue weighted by Crippen LogP contribution is 2.38. The van der Waals surface area contributed by atoms with Gasteiger partial charge in [0.1, 0.15) is 10.6 Å². The Morgan fingerprint density at radius 2 is 2.10 bits per heavy atom. The van der Waals surface area contributed by atoms with Gasteiger partial charge in [-0.3, -0.25) is 0 Å². The Hall–Kier alpha value is -1.38. The maximum atomic E-state index is 12.6. The first-order chi connectivity index (χ1) is 9.71. The smallest absolute Gasteiger partial charge is 0.352 e. The van der Waals surface area contributed by atoms with E-state index in [1.807, 2.05) is 0 Å². The Morgan fingerprint density at radius 1 is 1.43 bits per heavy atom. The second kappa shape index (κ2) is 4.56. The van der Waals surface area contributed by atoms with Crippen molar-refractivity contribution in [2.75, 3.05) is 13.1 Å². The first kappa shape index (κ1) is 14.6. The first-order valence-electron chi connectivity index (χ1n) is 6.88. The Morgan fingerprint density at radius 3 is 2.57 bits per heavy atom. The number of aromatic carboxylic acids is 1. The lowest BCUT2D eigenvalue weighted by Crippen LogP contribution is -2.33. The van der Waals surface area contributed by atoms with Crippen LogP contribution in [0.1, 0.15) is 42.7 Å². The summed E-state index contributed by atoms with van der Waals surface area (Å²) in [6.45, 7) is 1.87. The standard InChI is InChI=1S/C13H18N2O5S/c1-13(18)4-5-14(8-13)21(19,20)10-6-11(12(16)17)15(7-10)9-2-3-9/h6-7,9,18H,2-5,8H2,1H3,(H,16,17). The number of hydrogen-bond donors (Lipinski definition) is 2. The average molecular weight is 314 g/mol. The average Bonchev–Trinajstić information content (AvgIpc) is 2.99. The number of carboxylic acids is 1. The highest BCUT2D eigenvalue weighted by atomic mass is 32.2. The minimum absolute atomic E-state index is 0.00188. The van der Waals surface area contributed by atoms with E-state index in [1.54, 1.807) is 6.92 Å². The fraction of sp³-hybridized carbons (Fsp3) is 0.615. The van der Waals surface area contributed by atoms with Crippen LogP contribution in [0.3, 0.4) is 0 Å². The number of β-amino-alcohol motifs (C(OH)–C–C–N with tert-alkyl or cyclic N) is 1. The van der Waals surface area contributed by atoms with Crippen LogP contribution in [0.5, 0.6) is 0 Å². The molecule has 2 aliphatic rings. The molecule has 2 fully saturated rings. The molecule has 8 heteroatoms. The number of nitrogens with zero attached hydrogens (tertiary/aromatic N) is 2. The van der Waals surface area contributed by atoms with Crippen LogP contribution in [-0.4, -0.2) is 52.2 Å². The third kappa shape index (κ3) is 2.58. The van der Waals surface area contributed by atoms with Crippen molar-refractivity contribution < 1.29 is 23.4 Å². The SMILES string of the molecule is CC1(O)CCN(S(=O)(=O)c2cc(C(=O)O)n(C3CC3)c2)C1. The summed E-state index contributed by atoms with van der Waals surface area (Å²) in [6, 6.07) is 1.30. The summed E-state index contributed by atoms with van der Waals surface area (Å²) < 4.78 is 27.9. The van der Waals surface area contributed by atoms with E-state index in [4.69, 9.17) is 0 Å². The predicted octanol–water partition coefficient (Wildman–Crippen LogP) is 0.667. The molecule has 1 atom stereocenters. The van der Waals surface area contributed by atoms with Gasteiger partial charge in [-0.05, 0) is 32.3 Å². The molecule has 0 amide bonds. The molecular weight excluding hydrogens is 296 g/mol. The molecule has 0 bridgehead atoms. The molecule has 1 saturated heterocycles. The van der Waals surface area contributed by atoms with Crippen LogP contribution >= 0.6 is 0 Å². The molecule has 0 aromatic carbocycles. The van der Waals surface area contributed by atoms with E-state index in [0.29, 0.717) is 6.42 Å². The number of carbonyl (C=O) groups is 1. The summed E-state index contributed by atoms with van der Waals surface area (Å²) in [5.41, 5.74) is -1.02. The van der Waals surface area contributed by atoms with Gasteiger partial charge in [-0.25, -0.2) is 13.2 Å². The summed E-state index contributed by atoms with van der Waals surface area (Å²) in [5, 5.41) is 19.1. The lowest BCUT2D eigenvalue weighted by molar-refractivity contribution is 0.0684. The fourth-order valence-corrected chi connectivity index (χ4v) is 4.26. The summed E-state index contributed by atoms with van der Waals surface area (Å²) in [7, 11) is -3.76. The van der Waals surface area contributed by atoms with Gasteiger partial charge >= 0.3 is 5.97 Å². The quantitative estimate of drug-likeness (QED) is 0.850. The zero-order valence-electron chi connectivity index (χ0n) is 11.7. The molecule has 1 aliphatic heterocycles. The molecule has 116 valence electrons. The van der Waals surface area contributed by atoms with Crippen LogP contribution in [0.25, 0.3) is 0 Å². The molecule has 1 unspecified atom stereocenters. The van der Waals surface area contributed by atoms with Crippen molar-refractivity contribution in [1.29, 1.82) is 0 Å². The minimum atomic E-state index is -3.76. The van der Waals surface area contributed by atoms with Crippen LogP contribution in [0.15, 0.2) is 17.2 Å². The molecule has 0 spiro atoms. The topological polar surface area (TPSA) is 99.8 Å². The predicted molar refractivity (Wildman–Crippen MR) is 73.7 cm³/mol. The Kier molecular flexibility index (Phi) is 3.16. The van der Waals surface area contributed by atoms with Crippen molar-refractivity contribution in [3.05, 3.63) is 18.0 Å². The number of hydrogen-bond acceptors (Lipinski definition) is 4. The molecule has 21 heavy (non-hydrogen) atoms. The van der Waals surface area contributed by atoms with Gasteiger partial charge in [0.15, 0.2) is 0 Å². The van der Waals surface area contributed by atoms with E-state index in [1.165, 1.54) is 21.1 Å². The highest BCUT2D eigenvalue weighted by Gasteiger charge is 2.40. The molecule has 3 rings (SSSR count). The van der Waals surface area contributed by atoms with Gasteiger partial charge in [-0.15, -0.1) is 0 Å². The molecule has 1 aromatic rings. The lowest BCUT2D eigenvalue weighted by atomic mass is 10.1. The van der Waals surface area contributed by atoms with Crippen molar-refractivity contribution in [2.45, 2.75) is 42.7 Å². The van der Waals surface area contributed by atoms with E-state index >= 15 is 0 Å². The third-order valence-electron chi connectivity index (χ3n) is 4.04. The number of aromatic nitrogens is 1. The van der Waals surface area contributed by atoms with Gasteiger partial charge in [0.05, 0.1) is 5.60 Å². The van der Waals surface area contributed by atoms with E-state index in [2.05, 4.69) is 0 Å². The number of rotatable bonds is 4. The number of sulfonamides is 1. The molecular formula is C13H18N2O5S.